The number of thioether (sulfide) groups is 1. The lowest BCUT2D eigenvalue weighted by atomic mass is 9.95. The number of ketones is 1. The Morgan fingerprint density at radius 2 is 1.74 bits per heavy atom. The molecule has 31 heavy (non-hydrogen) atoms. The van der Waals surface area contributed by atoms with Gasteiger partial charge in [0, 0.05) is 29.1 Å². The summed E-state index contributed by atoms with van der Waals surface area (Å²) in [7, 11) is 0. The van der Waals surface area contributed by atoms with E-state index in [1.165, 1.54) is 0 Å². The molecule has 0 aliphatic rings. The van der Waals surface area contributed by atoms with Gasteiger partial charge in [-0.1, -0.05) is 49.2 Å². The molecule has 158 valence electrons. The Morgan fingerprint density at radius 3 is 2.48 bits per heavy atom. The van der Waals surface area contributed by atoms with Gasteiger partial charge in [-0.3, -0.25) is 4.79 Å². The molecule has 2 amide bonds. The van der Waals surface area contributed by atoms with Crippen LogP contribution in [-0.4, -0.2) is 30.7 Å². The van der Waals surface area contributed by atoms with Gasteiger partial charge in [-0.2, -0.15) is 0 Å². The van der Waals surface area contributed by atoms with Crippen LogP contribution in [0.3, 0.4) is 0 Å². The normalized spacial score (nSPS) is 10.5. The van der Waals surface area contributed by atoms with E-state index < -0.39 is 0 Å². The number of carbonyl (C=O) groups excluding carboxylic acids is 2. The third-order valence-electron chi connectivity index (χ3n) is 4.85. The molecule has 3 aromatic rings. The second-order valence-corrected chi connectivity index (χ2v) is 8.19. The zero-order valence-electron chi connectivity index (χ0n) is 17.6. The molecule has 0 aliphatic carbocycles. The van der Waals surface area contributed by atoms with Gasteiger partial charge in [0.25, 0.3) is 0 Å². The molecule has 4 nitrogen and oxygen atoms in total. The number of nitrogens with one attached hydrogen (secondary N) is 2. The first-order valence-corrected chi connectivity index (χ1v) is 11.4. The highest BCUT2D eigenvalue weighted by Crippen LogP contribution is 2.28. The lowest BCUT2D eigenvalue weighted by Crippen LogP contribution is -2.36. The molecule has 5 heteroatoms. The maximum Gasteiger partial charge on any atom is 0.314 e. The summed E-state index contributed by atoms with van der Waals surface area (Å²) in [5.74, 6) is 3.24. The number of urea groups is 1. The summed E-state index contributed by atoms with van der Waals surface area (Å²) >= 11 is 1.61. The number of hydrogen-bond donors (Lipinski definition) is 2. The number of amides is 2. The first-order chi connectivity index (χ1) is 15.1. The van der Waals surface area contributed by atoms with Crippen molar-refractivity contribution in [3.8, 4) is 12.3 Å². The van der Waals surface area contributed by atoms with Gasteiger partial charge in [0.05, 0.1) is 5.75 Å². The standard InChI is InChI=1S/C26H26N2O2S/c1-3-13-27-26(30)28-14-12-21-17-22(25(29)19-8-6-5-7-9-19)16-20-10-11-23(18-24(20)21)31-15-4-2/h2,5-11,16-18H,3,12-15H2,1H3,(H2,27,28,30). The zero-order chi connectivity index (χ0) is 22.1. The van der Waals surface area contributed by atoms with E-state index in [1.54, 1.807) is 11.8 Å². The molecule has 0 heterocycles. The van der Waals surface area contributed by atoms with Crippen LogP contribution in [-0.2, 0) is 6.42 Å². The third kappa shape index (κ3) is 6.13. The predicted molar refractivity (Wildman–Crippen MR) is 129 cm³/mol. The van der Waals surface area contributed by atoms with E-state index in [4.69, 9.17) is 6.42 Å². The number of rotatable bonds is 9. The van der Waals surface area contributed by atoms with Crippen molar-refractivity contribution in [1.29, 1.82) is 0 Å². The first-order valence-electron chi connectivity index (χ1n) is 10.4. The summed E-state index contributed by atoms with van der Waals surface area (Å²) in [6, 6.07) is 19.1. The third-order valence-corrected chi connectivity index (χ3v) is 5.75. The lowest BCUT2D eigenvalue weighted by molar-refractivity contribution is 0.103. The van der Waals surface area contributed by atoms with E-state index >= 15 is 0 Å². The van der Waals surface area contributed by atoms with Crippen LogP contribution in [0.4, 0.5) is 4.79 Å². The van der Waals surface area contributed by atoms with E-state index in [0.29, 0.717) is 36.4 Å². The van der Waals surface area contributed by atoms with Gasteiger partial charge in [-0.15, -0.1) is 18.2 Å². The van der Waals surface area contributed by atoms with Gasteiger partial charge in [-0.05, 0) is 53.4 Å². The number of hydrogen-bond acceptors (Lipinski definition) is 3. The van der Waals surface area contributed by atoms with Crippen molar-refractivity contribution >= 4 is 34.3 Å². The van der Waals surface area contributed by atoms with E-state index in [1.807, 2.05) is 61.5 Å². The van der Waals surface area contributed by atoms with E-state index in [-0.39, 0.29) is 11.8 Å². The molecule has 0 unspecified atom stereocenters. The fraction of sp³-hybridized carbons (Fsp3) is 0.231. The topological polar surface area (TPSA) is 58.2 Å². The molecule has 0 spiro atoms. The molecule has 0 radical (unpaired) electrons. The maximum absolute atomic E-state index is 13.0. The molecule has 0 bridgehead atoms. The van der Waals surface area contributed by atoms with E-state index in [2.05, 4.69) is 22.6 Å². The Labute approximate surface area is 187 Å². The van der Waals surface area contributed by atoms with Crippen molar-refractivity contribution < 1.29 is 9.59 Å². The number of terminal acetylenes is 1. The van der Waals surface area contributed by atoms with Crippen molar-refractivity contribution in [3.63, 3.8) is 0 Å². The predicted octanol–water partition coefficient (Wildman–Crippen LogP) is 5.05. The van der Waals surface area contributed by atoms with Crippen LogP contribution in [0.25, 0.3) is 10.8 Å². The minimum atomic E-state index is -0.173. The molecule has 0 saturated heterocycles. The Bertz CT molecular complexity index is 1100. The van der Waals surface area contributed by atoms with Crippen molar-refractivity contribution in [3.05, 3.63) is 77.4 Å². The van der Waals surface area contributed by atoms with Gasteiger partial charge in [-0.25, -0.2) is 4.79 Å². The molecule has 0 fully saturated rings. The average Bonchev–Trinajstić information content (AvgIpc) is 2.81. The summed E-state index contributed by atoms with van der Waals surface area (Å²) in [5, 5.41) is 7.78. The largest absolute Gasteiger partial charge is 0.338 e. The highest BCUT2D eigenvalue weighted by atomic mass is 32.2. The summed E-state index contributed by atoms with van der Waals surface area (Å²) in [5.41, 5.74) is 2.33. The van der Waals surface area contributed by atoms with Crippen molar-refractivity contribution in [2.45, 2.75) is 24.7 Å². The summed E-state index contributed by atoms with van der Waals surface area (Å²) in [6.07, 6.45) is 6.91. The summed E-state index contributed by atoms with van der Waals surface area (Å²) in [4.78, 5) is 26.0. The molecule has 0 aromatic heterocycles. The summed E-state index contributed by atoms with van der Waals surface area (Å²) < 4.78 is 0. The molecule has 0 aliphatic heterocycles. The van der Waals surface area contributed by atoms with Crippen molar-refractivity contribution in [2.24, 2.45) is 0 Å². The lowest BCUT2D eigenvalue weighted by Gasteiger charge is -2.13. The molecule has 3 rings (SSSR count). The molecule has 0 atom stereocenters. The smallest absolute Gasteiger partial charge is 0.314 e. The minimum absolute atomic E-state index is 0.0109. The van der Waals surface area contributed by atoms with Gasteiger partial charge in [0.2, 0.25) is 0 Å². The number of fused-ring (bicyclic) bond motifs is 1. The zero-order valence-corrected chi connectivity index (χ0v) is 18.4. The molecular weight excluding hydrogens is 404 g/mol. The first kappa shape index (κ1) is 22.5. The molecule has 3 aromatic carbocycles. The second kappa shape index (κ2) is 11.2. The fourth-order valence-electron chi connectivity index (χ4n) is 3.33. The highest BCUT2D eigenvalue weighted by Gasteiger charge is 2.13. The van der Waals surface area contributed by atoms with Crippen molar-refractivity contribution in [1.82, 2.24) is 10.6 Å². The molecule has 2 N–H and O–H groups in total. The van der Waals surface area contributed by atoms with Gasteiger partial charge >= 0.3 is 6.03 Å². The molecule has 0 saturated carbocycles. The van der Waals surface area contributed by atoms with Crippen LogP contribution < -0.4 is 10.6 Å². The van der Waals surface area contributed by atoms with Gasteiger partial charge < -0.3 is 10.6 Å². The Morgan fingerprint density at radius 1 is 0.968 bits per heavy atom. The highest BCUT2D eigenvalue weighted by molar-refractivity contribution is 7.99. The number of carbonyl (C=O) groups is 2. The fourth-order valence-corrected chi connectivity index (χ4v) is 3.95. The van der Waals surface area contributed by atoms with Gasteiger partial charge in [0.15, 0.2) is 5.78 Å². The minimum Gasteiger partial charge on any atom is -0.338 e. The van der Waals surface area contributed by atoms with Crippen LogP contribution in [0.2, 0.25) is 0 Å². The van der Waals surface area contributed by atoms with Crippen LogP contribution in [0.5, 0.6) is 0 Å². The SMILES string of the molecule is C#CCSc1ccc2cc(C(=O)c3ccccc3)cc(CCNC(=O)NCCC)c2c1. The van der Waals surface area contributed by atoms with Crippen LogP contribution >= 0.6 is 11.8 Å². The maximum atomic E-state index is 13.0. The molecular formula is C26H26N2O2S. The number of benzene rings is 3. The Kier molecular flexibility index (Phi) is 8.14. The van der Waals surface area contributed by atoms with Gasteiger partial charge in [0.1, 0.15) is 0 Å². The second-order valence-electron chi connectivity index (χ2n) is 7.14. The van der Waals surface area contributed by atoms with E-state index in [0.717, 1.165) is 27.7 Å². The van der Waals surface area contributed by atoms with Crippen LogP contribution in [0, 0.1) is 12.3 Å². The Balaban J connectivity index is 1.91. The Hall–Kier alpha value is -3.23. The monoisotopic (exact) mass is 430 g/mol. The quantitative estimate of drug-likeness (QED) is 0.284. The van der Waals surface area contributed by atoms with Crippen LogP contribution in [0.1, 0.15) is 34.8 Å². The van der Waals surface area contributed by atoms with E-state index in [9.17, 15) is 9.59 Å². The van der Waals surface area contributed by atoms with Crippen LogP contribution in [0.15, 0.2) is 65.6 Å². The average molecular weight is 431 g/mol. The van der Waals surface area contributed by atoms with Crippen molar-refractivity contribution in [2.75, 3.05) is 18.8 Å². The summed E-state index contributed by atoms with van der Waals surface area (Å²) in [6.45, 7) is 3.14.